The molecule has 0 bridgehead atoms. The molecule has 3 aromatic rings. The first-order valence-corrected chi connectivity index (χ1v) is 9.76. The van der Waals surface area contributed by atoms with Crippen molar-refractivity contribution in [3.63, 3.8) is 0 Å². The fraction of sp³-hybridized carbons (Fsp3) is 0.217. The molecule has 3 nitrogen and oxygen atoms in total. The Balaban J connectivity index is 1.72. The zero-order chi connectivity index (χ0) is 20.1. The highest BCUT2D eigenvalue weighted by atomic mass is 35.5. The van der Waals surface area contributed by atoms with E-state index >= 15 is 0 Å². The van der Waals surface area contributed by atoms with Crippen LogP contribution in [0.1, 0.15) is 22.3 Å². The second-order valence-electron chi connectivity index (χ2n) is 6.68. The normalized spacial score (nSPS) is 10.6. The highest BCUT2D eigenvalue weighted by molar-refractivity contribution is 6.32. The molecule has 0 radical (unpaired) electrons. The van der Waals surface area contributed by atoms with Gasteiger partial charge in [-0.15, -0.1) is 0 Å². The van der Waals surface area contributed by atoms with Gasteiger partial charge in [0, 0.05) is 17.3 Å². The van der Waals surface area contributed by atoms with Crippen molar-refractivity contribution in [2.75, 3.05) is 12.4 Å². The highest BCUT2D eigenvalue weighted by Gasteiger charge is 2.13. The van der Waals surface area contributed by atoms with E-state index in [0.29, 0.717) is 34.7 Å². The second-order valence-corrected chi connectivity index (χ2v) is 7.52. The minimum Gasteiger partial charge on any atom is -0.493 e. The van der Waals surface area contributed by atoms with Gasteiger partial charge in [-0.25, -0.2) is 0 Å². The fourth-order valence-electron chi connectivity index (χ4n) is 2.85. The van der Waals surface area contributed by atoms with Crippen LogP contribution < -0.4 is 14.8 Å². The monoisotopic (exact) mass is 415 g/mol. The van der Waals surface area contributed by atoms with Crippen molar-refractivity contribution in [2.24, 2.45) is 0 Å². The van der Waals surface area contributed by atoms with Gasteiger partial charge in [-0.2, -0.15) is 0 Å². The number of hydrogen-bond acceptors (Lipinski definition) is 3. The summed E-state index contributed by atoms with van der Waals surface area (Å²) in [5, 5.41) is 4.61. The predicted molar refractivity (Wildman–Crippen MR) is 117 cm³/mol. The molecule has 1 N–H and O–H groups in total. The number of methoxy groups -OCH3 is 1. The number of nitrogens with one attached hydrogen (secondary N) is 1. The second kappa shape index (κ2) is 9.22. The van der Waals surface area contributed by atoms with Gasteiger partial charge in [-0.1, -0.05) is 41.4 Å². The molecule has 0 spiro atoms. The summed E-state index contributed by atoms with van der Waals surface area (Å²) in [6.07, 6.45) is 0. The number of benzene rings is 3. The Hall–Kier alpha value is -2.36. The van der Waals surface area contributed by atoms with Crippen molar-refractivity contribution in [1.82, 2.24) is 0 Å². The van der Waals surface area contributed by atoms with E-state index in [4.69, 9.17) is 32.7 Å². The number of hydrogen-bond donors (Lipinski definition) is 1. The van der Waals surface area contributed by atoms with Crippen molar-refractivity contribution in [1.29, 1.82) is 0 Å². The van der Waals surface area contributed by atoms with E-state index < -0.39 is 0 Å². The van der Waals surface area contributed by atoms with E-state index in [9.17, 15) is 0 Å². The summed E-state index contributed by atoms with van der Waals surface area (Å²) < 4.78 is 11.4. The lowest BCUT2D eigenvalue weighted by molar-refractivity contribution is 0.284. The summed E-state index contributed by atoms with van der Waals surface area (Å²) in [5.41, 5.74) is 5.57. The van der Waals surface area contributed by atoms with Crippen molar-refractivity contribution in [2.45, 2.75) is 27.0 Å². The summed E-state index contributed by atoms with van der Waals surface area (Å²) in [6, 6.07) is 17.7. The minimum atomic E-state index is 0.358. The van der Waals surface area contributed by atoms with Crippen LogP contribution in [0.15, 0.2) is 54.6 Å². The van der Waals surface area contributed by atoms with Gasteiger partial charge in [0.2, 0.25) is 0 Å². The quantitative estimate of drug-likeness (QED) is 0.459. The smallest absolute Gasteiger partial charge is 0.180 e. The van der Waals surface area contributed by atoms with Gasteiger partial charge < -0.3 is 14.8 Å². The van der Waals surface area contributed by atoms with Crippen molar-refractivity contribution in [3.05, 3.63) is 86.9 Å². The van der Waals surface area contributed by atoms with Crippen LogP contribution in [0.25, 0.3) is 0 Å². The van der Waals surface area contributed by atoms with E-state index in [-0.39, 0.29) is 0 Å². The van der Waals surface area contributed by atoms with Gasteiger partial charge in [0.25, 0.3) is 0 Å². The first kappa shape index (κ1) is 20.4. The van der Waals surface area contributed by atoms with Crippen LogP contribution in [0.5, 0.6) is 11.5 Å². The molecule has 146 valence electrons. The van der Waals surface area contributed by atoms with Gasteiger partial charge in [0.15, 0.2) is 11.5 Å². The first-order valence-electron chi connectivity index (χ1n) is 9.01. The lowest BCUT2D eigenvalue weighted by atomic mass is 10.1. The fourth-order valence-corrected chi connectivity index (χ4v) is 3.35. The molecular weight excluding hydrogens is 393 g/mol. The maximum absolute atomic E-state index is 6.48. The van der Waals surface area contributed by atoms with Gasteiger partial charge in [0.1, 0.15) is 6.61 Å². The van der Waals surface area contributed by atoms with Gasteiger partial charge in [-0.05, 0) is 72.5 Å². The van der Waals surface area contributed by atoms with Crippen molar-refractivity contribution >= 4 is 28.9 Å². The highest BCUT2D eigenvalue weighted by Crippen LogP contribution is 2.37. The van der Waals surface area contributed by atoms with Gasteiger partial charge in [-0.3, -0.25) is 0 Å². The van der Waals surface area contributed by atoms with E-state index in [0.717, 1.165) is 16.8 Å². The van der Waals surface area contributed by atoms with Gasteiger partial charge >= 0.3 is 0 Å². The van der Waals surface area contributed by atoms with Crippen LogP contribution in [0.2, 0.25) is 10.0 Å². The summed E-state index contributed by atoms with van der Waals surface area (Å²) in [7, 11) is 1.61. The maximum atomic E-state index is 6.48. The largest absolute Gasteiger partial charge is 0.493 e. The summed E-state index contributed by atoms with van der Waals surface area (Å²) in [5.74, 6) is 1.13. The number of anilines is 1. The SMILES string of the molecule is COc1cc(CNc2ccc(C)c(C)c2)cc(Cl)c1OCc1cccc(Cl)c1. The molecule has 0 fully saturated rings. The Morgan fingerprint density at radius 3 is 2.43 bits per heavy atom. The predicted octanol–water partition coefficient (Wildman–Crippen LogP) is 6.81. The number of ether oxygens (including phenoxy) is 2. The molecule has 0 unspecified atom stereocenters. The Morgan fingerprint density at radius 1 is 0.893 bits per heavy atom. The zero-order valence-corrected chi connectivity index (χ0v) is 17.7. The molecule has 0 heterocycles. The van der Waals surface area contributed by atoms with Crippen LogP contribution in [0, 0.1) is 13.8 Å². The minimum absolute atomic E-state index is 0.358. The van der Waals surface area contributed by atoms with Crippen LogP contribution in [-0.2, 0) is 13.2 Å². The molecule has 3 rings (SSSR count). The van der Waals surface area contributed by atoms with Gasteiger partial charge in [0.05, 0.1) is 12.1 Å². The molecule has 0 saturated heterocycles. The summed E-state index contributed by atoms with van der Waals surface area (Å²) in [4.78, 5) is 0. The average Bonchev–Trinajstić information content (AvgIpc) is 2.67. The average molecular weight is 416 g/mol. The van der Waals surface area contributed by atoms with Crippen LogP contribution in [-0.4, -0.2) is 7.11 Å². The van der Waals surface area contributed by atoms with Crippen molar-refractivity contribution < 1.29 is 9.47 Å². The summed E-state index contributed by atoms with van der Waals surface area (Å²) in [6.45, 7) is 5.20. The Morgan fingerprint density at radius 2 is 1.71 bits per heavy atom. The lowest BCUT2D eigenvalue weighted by Crippen LogP contribution is -2.03. The Kier molecular flexibility index (Phi) is 6.71. The maximum Gasteiger partial charge on any atom is 0.180 e. The molecule has 0 amide bonds. The molecule has 0 aromatic heterocycles. The molecule has 0 aliphatic carbocycles. The topological polar surface area (TPSA) is 30.5 Å². The Labute approximate surface area is 176 Å². The molecular formula is C23H23Cl2NO2. The summed E-state index contributed by atoms with van der Waals surface area (Å²) >= 11 is 12.5. The molecule has 0 saturated carbocycles. The molecule has 0 aliphatic rings. The molecule has 5 heteroatoms. The molecule has 3 aromatic carbocycles. The van der Waals surface area contributed by atoms with E-state index in [1.54, 1.807) is 7.11 Å². The van der Waals surface area contributed by atoms with E-state index in [1.165, 1.54) is 11.1 Å². The standard InChI is InChI=1S/C23H23Cl2NO2/c1-15-7-8-20(9-16(15)2)26-13-18-11-21(25)23(22(12-18)27-3)28-14-17-5-4-6-19(24)10-17/h4-12,26H,13-14H2,1-3H3. The van der Waals surface area contributed by atoms with E-state index in [1.807, 2.05) is 36.4 Å². The lowest BCUT2D eigenvalue weighted by Gasteiger charge is -2.15. The van der Waals surface area contributed by atoms with Crippen LogP contribution in [0.3, 0.4) is 0 Å². The van der Waals surface area contributed by atoms with Crippen LogP contribution in [0.4, 0.5) is 5.69 Å². The zero-order valence-electron chi connectivity index (χ0n) is 16.2. The third-order valence-corrected chi connectivity index (χ3v) is 5.08. The van der Waals surface area contributed by atoms with Crippen molar-refractivity contribution in [3.8, 4) is 11.5 Å². The first-order chi connectivity index (χ1) is 13.5. The third kappa shape index (κ3) is 5.12. The van der Waals surface area contributed by atoms with Crippen LogP contribution >= 0.6 is 23.2 Å². The number of aryl methyl sites for hydroxylation is 2. The number of halogens is 2. The molecule has 0 aliphatic heterocycles. The van der Waals surface area contributed by atoms with E-state index in [2.05, 4.69) is 37.4 Å². The molecule has 28 heavy (non-hydrogen) atoms. The third-order valence-electron chi connectivity index (χ3n) is 4.56. The Bertz CT molecular complexity index is 973. The molecule has 0 atom stereocenters. The number of rotatable bonds is 7.